The predicted octanol–water partition coefficient (Wildman–Crippen LogP) is 7.65. The van der Waals surface area contributed by atoms with Crippen LogP contribution in [0.3, 0.4) is 0 Å². The molecule has 1 aliphatic heterocycles. The molecule has 1 saturated heterocycles. The monoisotopic (exact) mass is 524 g/mol. The first-order valence-electron chi connectivity index (χ1n) is 12.8. The smallest absolute Gasteiger partial charge is 0.410 e. The molecule has 0 unspecified atom stereocenters. The average molecular weight is 525 g/mol. The van der Waals surface area contributed by atoms with Crippen molar-refractivity contribution in [1.29, 1.82) is 0 Å². The number of piperidine rings is 1. The lowest BCUT2D eigenvalue weighted by molar-refractivity contribution is 0.0122. The number of Topliss-reactive ketones (excluding diaryl/α,β-unsaturated/α-hetero) is 1. The first kappa shape index (κ1) is 29.8. The number of pyridine rings is 1. The molecule has 0 aromatic carbocycles. The number of halogens is 1. The van der Waals surface area contributed by atoms with Crippen molar-refractivity contribution in [3.8, 4) is 0 Å². The minimum atomic E-state index is -2.09. The van der Waals surface area contributed by atoms with Gasteiger partial charge in [-0.05, 0) is 56.3 Å². The normalized spacial score (nSPS) is 16.8. The highest BCUT2D eigenvalue weighted by Gasteiger charge is 2.45. The molecule has 1 amide bonds. The maximum absolute atomic E-state index is 13.6. The van der Waals surface area contributed by atoms with Gasteiger partial charge >= 0.3 is 6.09 Å². The van der Waals surface area contributed by atoms with E-state index in [0.29, 0.717) is 65.4 Å². The molecule has 8 heteroatoms. The maximum Gasteiger partial charge on any atom is 0.410 e. The van der Waals surface area contributed by atoms with E-state index >= 15 is 0 Å². The number of ether oxygens (including phenoxy) is 1. The number of likely N-dealkylation sites (tertiary alicyclic amines) is 1. The summed E-state index contributed by atoms with van der Waals surface area (Å²) in [5, 5.41) is 0.382. The van der Waals surface area contributed by atoms with Crippen LogP contribution in [0.25, 0.3) is 0 Å². The molecular formula is C27H45ClN2O4Si. The van der Waals surface area contributed by atoms with Crippen LogP contribution in [0.5, 0.6) is 0 Å². The SMILES string of the molecule is CC(C)[Si](OCc1nccc(C(=O)C2(C)CCN(C(=O)OC(C)(C)C)CC2)c1Cl)(C(C)C)C(C)C. The lowest BCUT2D eigenvalue weighted by Gasteiger charge is -2.42. The largest absolute Gasteiger partial charge is 0.444 e. The molecule has 2 heterocycles. The Morgan fingerprint density at radius 3 is 2.06 bits per heavy atom. The van der Waals surface area contributed by atoms with E-state index in [0.717, 1.165) is 0 Å². The fraction of sp³-hybridized carbons (Fsp3) is 0.741. The molecule has 1 aromatic heterocycles. The van der Waals surface area contributed by atoms with Crippen molar-refractivity contribution in [3.05, 3.63) is 28.5 Å². The van der Waals surface area contributed by atoms with E-state index in [1.165, 1.54) is 0 Å². The molecule has 1 fully saturated rings. The van der Waals surface area contributed by atoms with Crippen LogP contribution in [-0.2, 0) is 15.8 Å². The summed E-state index contributed by atoms with van der Waals surface area (Å²) in [6.07, 6.45) is 2.43. The molecule has 6 nitrogen and oxygen atoms in total. The van der Waals surface area contributed by atoms with Crippen molar-refractivity contribution in [2.75, 3.05) is 13.1 Å². The summed E-state index contributed by atoms with van der Waals surface area (Å²) in [6, 6.07) is 1.71. The Morgan fingerprint density at radius 1 is 1.09 bits per heavy atom. The zero-order valence-corrected chi connectivity index (χ0v) is 25.1. The summed E-state index contributed by atoms with van der Waals surface area (Å²) in [5.74, 6) is -0.00456. The molecule has 198 valence electrons. The van der Waals surface area contributed by atoms with Crippen LogP contribution < -0.4 is 0 Å². The highest BCUT2D eigenvalue weighted by atomic mass is 35.5. The summed E-state index contributed by atoms with van der Waals surface area (Å²) in [7, 11) is -2.09. The second-order valence-corrected chi connectivity index (χ2v) is 17.9. The lowest BCUT2D eigenvalue weighted by atomic mass is 9.74. The molecule has 0 atom stereocenters. The number of carbonyl (C=O) groups excluding carboxylic acids is 2. The molecule has 35 heavy (non-hydrogen) atoms. The number of nitrogens with zero attached hydrogens (tertiary/aromatic N) is 2. The van der Waals surface area contributed by atoms with Gasteiger partial charge in [0.05, 0.1) is 17.3 Å². The van der Waals surface area contributed by atoms with E-state index in [1.807, 2.05) is 27.7 Å². The Kier molecular flexibility index (Phi) is 9.62. The zero-order chi connectivity index (χ0) is 26.8. The second kappa shape index (κ2) is 11.3. The van der Waals surface area contributed by atoms with Gasteiger partial charge in [-0.1, -0.05) is 60.1 Å². The number of hydrogen-bond donors (Lipinski definition) is 0. The molecule has 0 bridgehead atoms. The molecule has 0 saturated carbocycles. The van der Waals surface area contributed by atoms with E-state index < -0.39 is 19.3 Å². The van der Waals surface area contributed by atoms with Gasteiger partial charge in [-0.2, -0.15) is 0 Å². The number of amides is 1. The summed E-state index contributed by atoms with van der Waals surface area (Å²) in [4.78, 5) is 32.3. The summed E-state index contributed by atoms with van der Waals surface area (Å²) in [6.45, 7) is 22.2. The Labute approximate surface area is 218 Å². The van der Waals surface area contributed by atoms with E-state index in [-0.39, 0.29) is 11.9 Å². The minimum Gasteiger partial charge on any atom is -0.444 e. The van der Waals surface area contributed by atoms with Crippen molar-refractivity contribution >= 4 is 31.8 Å². The van der Waals surface area contributed by atoms with E-state index in [4.69, 9.17) is 20.8 Å². The highest BCUT2D eigenvalue weighted by molar-refractivity contribution is 6.77. The first-order valence-corrected chi connectivity index (χ1v) is 15.4. The van der Waals surface area contributed by atoms with E-state index in [1.54, 1.807) is 17.2 Å². The number of hydrogen-bond acceptors (Lipinski definition) is 5. The maximum atomic E-state index is 13.6. The van der Waals surface area contributed by atoms with Crippen LogP contribution in [0, 0.1) is 5.41 Å². The fourth-order valence-corrected chi connectivity index (χ4v) is 11.2. The second-order valence-electron chi connectivity index (χ2n) is 12.1. The number of aromatic nitrogens is 1. The van der Waals surface area contributed by atoms with Gasteiger partial charge in [0.1, 0.15) is 5.60 Å². The summed E-state index contributed by atoms with van der Waals surface area (Å²) in [5.41, 5.74) is 1.29. The third-order valence-corrected chi connectivity index (χ3v) is 13.9. The average Bonchev–Trinajstić information content (AvgIpc) is 2.73. The van der Waals surface area contributed by atoms with E-state index in [2.05, 4.69) is 46.5 Å². The fourth-order valence-electron chi connectivity index (χ4n) is 5.52. The standard InChI is InChI=1S/C27H45ClN2O4Si/c1-18(2)35(19(3)4,20(5)6)33-17-22-23(28)21(11-14-29-22)24(31)27(10)12-15-30(16-13-27)25(32)34-26(7,8)9/h11,14,18-20H,12-13,15-17H2,1-10H3. The quantitative estimate of drug-likeness (QED) is 0.258. The van der Waals surface area contributed by atoms with Crippen LogP contribution in [0.4, 0.5) is 4.79 Å². The van der Waals surface area contributed by atoms with Gasteiger partial charge in [0, 0.05) is 30.3 Å². The molecule has 0 spiro atoms. The lowest BCUT2D eigenvalue weighted by Crippen LogP contribution is -2.47. The van der Waals surface area contributed by atoms with Crippen LogP contribution in [0.1, 0.15) is 98.1 Å². The summed E-state index contributed by atoms with van der Waals surface area (Å²) >= 11 is 6.77. The van der Waals surface area contributed by atoms with Gasteiger partial charge in [-0.3, -0.25) is 9.78 Å². The third kappa shape index (κ3) is 6.66. The topological polar surface area (TPSA) is 68.7 Å². The summed E-state index contributed by atoms with van der Waals surface area (Å²) < 4.78 is 12.2. The van der Waals surface area contributed by atoms with Gasteiger partial charge in [0.2, 0.25) is 8.32 Å². The van der Waals surface area contributed by atoms with Crippen LogP contribution >= 0.6 is 11.6 Å². The third-order valence-electron chi connectivity index (χ3n) is 7.44. The Balaban J connectivity index is 2.19. The first-order chi connectivity index (χ1) is 16.0. The molecule has 1 aromatic rings. The molecule has 0 radical (unpaired) electrons. The van der Waals surface area contributed by atoms with Gasteiger partial charge in [0.15, 0.2) is 5.78 Å². The number of carbonyl (C=O) groups is 2. The van der Waals surface area contributed by atoms with Gasteiger partial charge in [0.25, 0.3) is 0 Å². The molecule has 2 rings (SSSR count). The van der Waals surface area contributed by atoms with Crippen LogP contribution in [0.15, 0.2) is 12.3 Å². The predicted molar refractivity (Wildman–Crippen MR) is 145 cm³/mol. The minimum absolute atomic E-state index is 0.00456. The molecule has 0 N–H and O–H groups in total. The van der Waals surface area contributed by atoms with Crippen LogP contribution in [-0.4, -0.2) is 48.8 Å². The van der Waals surface area contributed by atoms with Crippen molar-refractivity contribution in [1.82, 2.24) is 9.88 Å². The van der Waals surface area contributed by atoms with Crippen molar-refractivity contribution in [2.24, 2.45) is 5.41 Å². The number of rotatable bonds is 8. The molecule has 1 aliphatic rings. The number of ketones is 1. The van der Waals surface area contributed by atoms with E-state index in [9.17, 15) is 9.59 Å². The van der Waals surface area contributed by atoms with Crippen LogP contribution in [0.2, 0.25) is 21.6 Å². The van der Waals surface area contributed by atoms with Crippen molar-refractivity contribution < 1.29 is 18.8 Å². The molecular weight excluding hydrogens is 480 g/mol. The van der Waals surface area contributed by atoms with Crippen molar-refractivity contribution in [2.45, 2.75) is 111 Å². The Morgan fingerprint density at radius 2 is 1.60 bits per heavy atom. The van der Waals surface area contributed by atoms with Gasteiger partial charge in [-0.15, -0.1) is 0 Å². The Bertz CT molecular complexity index is 881. The van der Waals surface area contributed by atoms with Gasteiger partial charge in [-0.25, -0.2) is 4.79 Å². The van der Waals surface area contributed by atoms with Gasteiger partial charge < -0.3 is 14.1 Å². The molecule has 0 aliphatic carbocycles. The zero-order valence-electron chi connectivity index (χ0n) is 23.3. The van der Waals surface area contributed by atoms with Crippen molar-refractivity contribution in [3.63, 3.8) is 0 Å². The highest BCUT2D eigenvalue weighted by Crippen LogP contribution is 2.43. The Hall–Kier alpha value is -1.44.